The normalized spacial score (nSPS) is 19.4. The van der Waals surface area contributed by atoms with E-state index in [0.717, 1.165) is 0 Å². The summed E-state index contributed by atoms with van der Waals surface area (Å²) in [7, 11) is 2.58. The predicted molar refractivity (Wildman–Crippen MR) is 60.6 cm³/mol. The number of thiocarbonyl (C=S) groups is 1. The molecular weight excluding hydrogens is 230 g/mol. The summed E-state index contributed by atoms with van der Waals surface area (Å²) in [5, 5.41) is 2.86. The van der Waals surface area contributed by atoms with Gasteiger partial charge in [-0.15, -0.1) is 0 Å². The summed E-state index contributed by atoms with van der Waals surface area (Å²) in [5.41, 5.74) is 1.03. The third kappa shape index (κ3) is 2.38. The smallest absolute Gasteiger partial charge is 0.336 e. The van der Waals surface area contributed by atoms with Crippen LogP contribution >= 0.6 is 12.2 Å². The maximum atomic E-state index is 11.5. The van der Waals surface area contributed by atoms with Crippen molar-refractivity contribution in [3.63, 3.8) is 0 Å². The summed E-state index contributed by atoms with van der Waals surface area (Å²) in [6, 6.07) is 0. The fraction of sp³-hybridized carbons (Fsp3) is 0.500. The van der Waals surface area contributed by atoms with Gasteiger partial charge in [-0.05, 0) is 6.92 Å². The van der Waals surface area contributed by atoms with E-state index in [1.807, 2.05) is 0 Å². The molecule has 5 nitrogen and oxygen atoms in total. The molecule has 1 unspecified atom stereocenters. The van der Waals surface area contributed by atoms with Gasteiger partial charge in [-0.2, -0.15) is 0 Å². The van der Waals surface area contributed by atoms with Gasteiger partial charge in [0.05, 0.1) is 37.1 Å². The summed E-state index contributed by atoms with van der Waals surface area (Å²) in [6.07, 6.45) is 0.0457. The molecule has 0 aromatic carbocycles. The highest BCUT2D eigenvalue weighted by atomic mass is 32.1. The van der Waals surface area contributed by atoms with E-state index in [1.54, 1.807) is 6.92 Å². The van der Waals surface area contributed by atoms with E-state index in [9.17, 15) is 9.59 Å². The van der Waals surface area contributed by atoms with E-state index >= 15 is 0 Å². The predicted octanol–water partition coefficient (Wildman–Crippen LogP) is 0.543. The molecule has 0 fully saturated rings. The number of hydrogen-bond acceptors (Lipinski definition) is 5. The number of carbonyl (C=O) groups is 2. The zero-order valence-corrected chi connectivity index (χ0v) is 10.1. The average molecular weight is 243 g/mol. The molecule has 0 aromatic heterocycles. The lowest BCUT2D eigenvalue weighted by molar-refractivity contribution is -0.141. The van der Waals surface area contributed by atoms with Crippen LogP contribution < -0.4 is 5.32 Å². The van der Waals surface area contributed by atoms with E-state index in [2.05, 4.69) is 14.8 Å². The maximum Gasteiger partial charge on any atom is 0.336 e. The second kappa shape index (κ2) is 5.07. The number of allylic oxidation sites excluding steroid dienone is 1. The fourth-order valence-corrected chi connectivity index (χ4v) is 1.94. The Labute approximate surface area is 98.8 Å². The minimum atomic E-state index is -0.473. The number of hydrogen-bond donors (Lipinski definition) is 1. The van der Waals surface area contributed by atoms with Crippen LogP contribution in [0.2, 0.25) is 0 Å². The molecule has 1 aliphatic heterocycles. The summed E-state index contributed by atoms with van der Waals surface area (Å²) in [6.45, 7) is 1.72. The number of carbonyl (C=O) groups excluding carboxylic acids is 2. The molecule has 88 valence electrons. The van der Waals surface area contributed by atoms with Crippen LogP contribution in [0.5, 0.6) is 0 Å². The molecule has 0 aliphatic carbocycles. The Kier molecular flexibility index (Phi) is 4.00. The zero-order valence-electron chi connectivity index (χ0n) is 9.33. The van der Waals surface area contributed by atoms with Crippen LogP contribution in [0, 0.1) is 5.92 Å². The van der Waals surface area contributed by atoms with Crippen LogP contribution in [-0.2, 0) is 19.1 Å². The lowest BCUT2D eigenvalue weighted by Crippen LogP contribution is -2.24. The van der Waals surface area contributed by atoms with Gasteiger partial charge in [0.15, 0.2) is 0 Å². The Hall–Kier alpha value is -1.43. The first-order valence-corrected chi connectivity index (χ1v) is 5.08. The van der Waals surface area contributed by atoms with Crippen molar-refractivity contribution in [2.75, 3.05) is 14.2 Å². The molecular formula is C10H13NO4S. The quantitative estimate of drug-likeness (QED) is 0.576. The van der Waals surface area contributed by atoms with E-state index < -0.39 is 17.9 Å². The molecule has 6 heteroatoms. The van der Waals surface area contributed by atoms with Gasteiger partial charge in [-0.1, -0.05) is 12.2 Å². The molecule has 0 radical (unpaired) electrons. The van der Waals surface area contributed by atoms with Crippen LogP contribution in [-0.4, -0.2) is 31.1 Å². The van der Waals surface area contributed by atoms with Gasteiger partial charge in [0.2, 0.25) is 0 Å². The van der Waals surface area contributed by atoms with Gasteiger partial charge in [-0.25, -0.2) is 4.79 Å². The fourth-order valence-electron chi connectivity index (χ4n) is 1.58. The van der Waals surface area contributed by atoms with E-state index in [0.29, 0.717) is 16.3 Å². The lowest BCUT2D eigenvalue weighted by Gasteiger charge is -2.11. The molecule has 0 saturated heterocycles. The van der Waals surface area contributed by atoms with E-state index in [1.165, 1.54) is 14.2 Å². The largest absolute Gasteiger partial charge is 0.469 e. The third-order valence-electron chi connectivity index (χ3n) is 2.38. The van der Waals surface area contributed by atoms with Crippen LogP contribution in [0.4, 0.5) is 0 Å². The SMILES string of the molecule is COC(=O)CC1C(=S)NC(C)=C1C(=O)OC. The number of esters is 2. The maximum absolute atomic E-state index is 11.5. The molecule has 1 rings (SSSR count). The Morgan fingerprint density at radius 1 is 1.38 bits per heavy atom. The van der Waals surface area contributed by atoms with Crippen molar-refractivity contribution in [3.8, 4) is 0 Å². The molecule has 0 spiro atoms. The van der Waals surface area contributed by atoms with Crippen LogP contribution in [0.15, 0.2) is 11.3 Å². The molecule has 1 atom stereocenters. The number of rotatable bonds is 3. The molecule has 0 aromatic rings. The first-order chi connectivity index (χ1) is 7.51. The number of nitrogens with one attached hydrogen (secondary N) is 1. The first-order valence-electron chi connectivity index (χ1n) is 4.68. The molecule has 0 amide bonds. The van der Waals surface area contributed by atoms with Gasteiger partial charge < -0.3 is 14.8 Å². The highest BCUT2D eigenvalue weighted by Gasteiger charge is 2.35. The van der Waals surface area contributed by atoms with Crippen molar-refractivity contribution in [1.82, 2.24) is 5.32 Å². The first kappa shape index (κ1) is 12.6. The molecule has 0 saturated carbocycles. The summed E-state index contributed by atoms with van der Waals surface area (Å²) in [5.74, 6) is -1.33. The van der Waals surface area contributed by atoms with Crippen LogP contribution in [0.3, 0.4) is 0 Å². The molecule has 1 N–H and O–H groups in total. The average Bonchev–Trinajstić information content (AvgIpc) is 2.53. The summed E-state index contributed by atoms with van der Waals surface area (Å²) in [4.78, 5) is 23.2. The summed E-state index contributed by atoms with van der Waals surface area (Å²) >= 11 is 5.06. The second-order valence-electron chi connectivity index (χ2n) is 3.35. The number of methoxy groups -OCH3 is 2. The van der Waals surface area contributed by atoms with Gasteiger partial charge in [0.1, 0.15) is 0 Å². The van der Waals surface area contributed by atoms with Gasteiger partial charge >= 0.3 is 11.9 Å². The number of ether oxygens (including phenoxy) is 2. The zero-order chi connectivity index (χ0) is 12.3. The van der Waals surface area contributed by atoms with Crippen molar-refractivity contribution in [2.45, 2.75) is 13.3 Å². The molecule has 1 heterocycles. The van der Waals surface area contributed by atoms with Crippen molar-refractivity contribution in [1.29, 1.82) is 0 Å². The Morgan fingerprint density at radius 3 is 2.50 bits per heavy atom. The minimum absolute atomic E-state index is 0.0457. The lowest BCUT2D eigenvalue weighted by atomic mass is 9.97. The standard InChI is InChI=1S/C10H13NO4S/c1-5-8(10(13)15-3)6(9(16)11-5)4-7(12)14-2/h6H,4H2,1-3H3,(H,11,16). The van der Waals surface area contributed by atoms with E-state index in [-0.39, 0.29) is 6.42 Å². The Morgan fingerprint density at radius 2 is 2.00 bits per heavy atom. The Balaban J connectivity index is 2.92. The van der Waals surface area contributed by atoms with Gasteiger partial charge in [0.25, 0.3) is 0 Å². The summed E-state index contributed by atoms with van der Waals surface area (Å²) < 4.78 is 9.21. The minimum Gasteiger partial charge on any atom is -0.469 e. The molecule has 1 aliphatic rings. The molecule has 16 heavy (non-hydrogen) atoms. The van der Waals surface area contributed by atoms with Crippen LogP contribution in [0.1, 0.15) is 13.3 Å². The second-order valence-corrected chi connectivity index (χ2v) is 3.79. The Bertz CT molecular complexity index is 375. The van der Waals surface area contributed by atoms with Crippen LogP contribution in [0.25, 0.3) is 0 Å². The monoisotopic (exact) mass is 243 g/mol. The third-order valence-corrected chi connectivity index (χ3v) is 2.77. The molecule has 0 bridgehead atoms. The van der Waals surface area contributed by atoms with Gasteiger partial charge in [-0.3, -0.25) is 4.79 Å². The van der Waals surface area contributed by atoms with Gasteiger partial charge in [0, 0.05) is 5.70 Å². The highest BCUT2D eigenvalue weighted by molar-refractivity contribution is 7.80. The topological polar surface area (TPSA) is 64.6 Å². The van der Waals surface area contributed by atoms with E-state index in [4.69, 9.17) is 12.2 Å². The van der Waals surface area contributed by atoms with Crippen molar-refractivity contribution in [3.05, 3.63) is 11.3 Å². The van der Waals surface area contributed by atoms with Crippen molar-refractivity contribution >= 4 is 29.1 Å². The van der Waals surface area contributed by atoms with Crippen molar-refractivity contribution < 1.29 is 19.1 Å². The highest BCUT2D eigenvalue weighted by Crippen LogP contribution is 2.27. The van der Waals surface area contributed by atoms with Crippen molar-refractivity contribution in [2.24, 2.45) is 5.92 Å².